The molecule has 2 N–H and O–H groups in total. The number of amides is 3. The van der Waals surface area contributed by atoms with E-state index >= 15 is 0 Å². The molecular formula is C27H39Cl2N5O7S. The molecule has 0 saturated carbocycles. The van der Waals surface area contributed by atoms with Crippen molar-refractivity contribution in [2.75, 3.05) is 53.9 Å². The third-order valence-corrected chi connectivity index (χ3v) is 9.74. The number of rotatable bonds is 12. The number of likely N-dealkylation sites (tertiary alicyclic amines) is 1. The summed E-state index contributed by atoms with van der Waals surface area (Å²) in [5.74, 6) is -1.30. The van der Waals surface area contributed by atoms with Gasteiger partial charge in [-0.2, -0.15) is 4.31 Å². The zero-order valence-electron chi connectivity index (χ0n) is 24.1. The maximum Gasteiger partial charge on any atom is 0.328 e. The van der Waals surface area contributed by atoms with Crippen molar-refractivity contribution in [2.45, 2.75) is 55.5 Å². The van der Waals surface area contributed by atoms with Gasteiger partial charge in [-0.3, -0.25) is 14.4 Å². The normalized spacial score (nSPS) is 19.0. The minimum Gasteiger partial charge on any atom is -0.467 e. The van der Waals surface area contributed by atoms with Crippen molar-refractivity contribution in [3.63, 3.8) is 0 Å². The SMILES string of the molecule is COC(=O)[C@H](CCC(=O)N1CCC(CNC(=O)CN(C)C)CC1)NC(=O)[C@H]1CCCN1S(=O)(=O)c1cc(Cl)cc(Cl)c1. The van der Waals surface area contributed by atoms with Crippen LogP contribution in [0.2, 0.25) is 10.0 Å². The Balaban J connectivity index is 1.55. The Morgan fingerprint density at radius 2 is 1.69 bits per heavy atom. The van der Waals surface area contributed by atoms with Crippen molar-refractivity contribution in [3.8, 4) is 0 Å². The van der Waals surface area contributed by atoms with Gasteiger partial charge in [-0.15, -0.1) is 0 Å². The van der Waals surface area contributed by atoms with Crippen LogP contribution >= 0.6 is 23.2 Å². The maximum atomic E-state index is 13.3. The van der Waals surface area contributed by atoms with E-state index in [9.17, 15) is 27.6 Å². The van der Waals surface area contributed by atoms with Gasteiger partial charge in [0.2, 0.25) is 27.7 Å². The van der Waals surface area contributed by atoms with E-state index in [1.807, 2.05) is 14.1 Å². The summed E-state index contributed by atoms with van der Waals surface area (Å²) in [4.78, 5) is 53.9. The van der Waals surface area contributed by atoms with Gasteiger partial charge in [0.25, 0.3) is 0 Å². The number of halogens is 2. The first-order valence-electron chi connectivity index (χ1n) is 13.9. The number of esters is 1. The summed E-state index contributed by atoms with van der Waals surface area (Å²) in [6.45, 7) is 2.06. The molecule has 42 heavy (non-hydrogen) atoms. The third kappa shape index (κ3) is 9.27. The number of hydrogen-bond acceptors (Lipinski definition) is 8. The lowest BCUT2D eigenvalue weighted by atomic mass is 9.96. The van der Waals surface area contributed by atoms with Crippen LogP contribution in [0.4, 0.5) is 0 Å². The molecule has 2 heterocycles. The predicted molar refractivity (Wildman–Crippen MR) is 157 cm³/mol. The van der Waals surface area contributed by atoms with Crippen LogP contribution in [-0.2, 0) is 33.9 Å². The van der Waals surface area contributed by atoms with E-state index in [0.717, 1.165) is 17.1 Å². The predicted octanol–water partition coefficient (Wildman–Crippen LogP) is 1.50. The first kappa shape index (κ1) is 34.0. The van der Waals surface area contributed by atoms with Gasteiger partial charge in [-0.1, -0.05) is 23.2 Å². The lowest BCUT2D eigenvalue weighted by Gasteiger charge is -2.32. The van der Waals surface area contributed by atoms with Crippen LogP contribution in [-0.4, -0.2) is 112 Å². The molecule has 0 aromatic heterocycles. The Bertz CT molecular complexity index is 1240. The zero-order chi connectivity index (χ0) is 31.0. The van der Waals surface area contributed by atoms with Gasteiger partial charge >= 0.3 is 5.97 Å². The summed E-state index contributed by atoms with van der Waals surface area (Å²) in [5, 5.41) is 5.82. The molecule has 0 unspecified atom stereocenters. The van der Waals surface area contributed by atoms with Gasteiger partial charge in [0.15, 0.2) is 0 Å². The fourth-order valence-corrected chi connectivity index (χ4v) is 7.56. The summed E-state index contributed by atoms with van der Waals surface area (Å²) in [7, 11) is 0.737. The van der Waals surface area contributed by atoms with Crippen LogP contribution in [0.1, 0.15) is 38.5 Å². The fourth-order valence-electron chi connectivity index (χ4n) is 5.18. The molecule has 1 aromatic rings. The molecule has 234 valence electrons. The number of piperidine rings is 1. The van der Waals surface area contributed by atoms with E-state index in [2.05, 4.69) is 10.6 Å². The lowest BCUT2D eigenvalue weighted by Crippen LogP contribution is -2.51. The van der Waals surface area contributed by atoms with Gasteiger partial charge in [0.1, 0.15) is 12.1 Å². The molecule has 0 bridgehead atoms. The lowest BCUT2D eigenvalue weighted by molar-refractivity contribution is -0.146. The number of sulfonamides is 1. The average Bonchev–Trinajstić information content (AvgIpc) is 3.44. The smallest absolute Gasteiger partial charge is 0.328 e. The van der Waals surface area contributed by atoms with E-state index < -0.39 is 34.0 Å². The van der Waals surface area contributed by atoms with Crippen molar-refractivity contribution in [3.05, 3.63) is 28.2 Å². The highest BCUT2D eigenvalue weighted by atomic mass is 35.5. The summed E-state index contributed by atoms with van der Waals surface area (Å²) in [5.41, 5.74) is 0. The second-order valence-electron chi connectivity index (χ2n) is 10.9. The number of ether oxygens (including phenoxy) is 1. The number of carbonyl (C=O) groups is 4. The molecular weight excluding hydrogens is 609 g/mol. The Labute approximate surface area is 257 Å². The van der Waals surface area contributed by atoms with E-state index in [0.29, 0.717) is 32.6 Å². The summed E-state index contributed by atoms with van der Waals surface area (Å²) < 4.78 is 32.6. The Morgan fingerprint density at radius 1 is 1.05 bits per heavy atom. The third-order valence-electron chi connectivity index (χ3n) is 7.41. The summed E-state index contributed by atoms with van der Waals surface area (Å²) in [6, 6.07) is 1.77. The van der Waals surface area contributed by atoms with Gasteiger partial charge in [-0.05, 0) is 70.3 Å². The van der Waals surface area contributed by atoms with E-state index in [1.54, 1.807) is 9.80 Å². The number of methoxy groups -OCH3 is 1. The molecule has 0 aliphatic carbocycles. The molecule has 15 heteroatoms. The zero-order valence-corrected chi connectivity index (χ0v) is 26.4. The molecule has 1 aromatic carbocycles. The molecule has 2 saturated heterocycles. The summed E-state index contributed by atoms with van der Waals surface area (Å²) in [6.07, 6.45) is 2.20. The topological polar surface area (TPSA) is 145 Å². The number of benzene rings is 1. The molecule has 2 aliphatic rings. The Hall–Kier alpha value is -2.45. The monoisotopic (exact) mass is 647 g/mol. The minimum atomic E-state index is -4.10. The van der Waals surface area contributed by atoms with Crippen LogP contribution in [0.5, 0.6) is 0 Å². The molecule has 2 atom stereocenters. The molecule has 0 radical (unpaired) electrons. The highest BCUT2D eigenvalue weighted by molar-refractivity contribution is 7.89. The maximum absolute atomic E-state index is 13.3. The molecule has 2 aliphatic heterocycles. The number of hydrogen-bond donors (Lipinski definition) is 2. The Morgan fingerprint density at radius 3 is 2.29 bits per heavy atom. The van der Waals surface area contributed by atoms with E-state index in [-0.39, 0.29) is 58.5 Å². The van der Waals surface area contributed by atoms with Gasteiger partial charge in [0.05, 0.1) is 18.6 Å². The molecule has 2 fully saturated rings. The van der Waals surface area contributed by atoms with Crippen molar-refractivity contribution >= 4 is 56.9 Å². The van der Waals surface area contributed by atoms with E-state index in [4.69, 9.17) is 27.9 Å². The molecule has 3 amide bonds. The number of nitrogens with one attached hydrogen (secondary N) is 2. The van der Waals surface area contributed by atoms with Crippen LogP contribution in [0.3, 0.4) is 0 Å². The molecule has 12 nitrogen and oxygen atoms in total. The van der Waals surface area contributed by atoms with Gasteiger partial charge < -0.3 is 25.2 Å². The highest BCUT2D eigenvalue weighted by Gasteiger charge is 2.41. The fraction of sp³-hybridized carbons (Fsp3) is 0.630. The first-order valence-corrected chi connectivity index (χ1v) is 16.1. The van der Waals surface area contributed by atoms with E-state index in [1.165, 1.54) is 25.3 Å². The molecule has 3 rings (SSSR count). The van der Waals surface area contributed by atoms with Crippen molar-refractivity contribution in [2.24, 2.45) is 5.92 Å². The highest BCUT2D eigenvalue weighted by Crippen LogP contribution is 2.30. The second kappa shape index (κ2) is 15.3. The largest absolute Gasteiger partial charge is 0.467 e. The van der Waals surface area contributed by atoms with Gasteiger partial charge in [0, 0.05) is 42.6 Å². The number of carbonyl (C=O) groups excluding carboxylic acids is 4. The van der Waals surface area contributed by atoms with Crippen molar-refractivity contribution in [1.82, 2.24) is 24.7 Å². The van der Waals surface area contributed by atoms with Crippen LogP contribution in [0, 0.1) is 5.92 Å². The van der Waals surface area contributed by atoms with Crippen LogP contribution < -0.4 is 10.6 Å². The van der Waals surface area contributed by atoms with Gasteiger partial charge in [-0.25, -0.2) is 13.2 Å². The Kier molecular flexibility index (Phi) is 12.4. The number of nitrogens with zero attached hydrogens (tertiary/aromatic N) is 3. The van der Waals surface area contributed by atoms with Crippen LogP contribution in [0.25, 0.3) is 0 Å². The quantitative estimate of drug-likeness (QED) is 0.325. The minimum absolute atomic E-state index is 0.00113. The second-order valence-corrected chi connectivity index (χ2v) is 13.6. The summed E-state index contributed by atoms with van der Waals surface area (Å²) >= 11 is 12.0. The van der Waals surface area contributed by atoms with Crippen LogP contribution in [0.15, 0.2) is 23.1 Å². The van der Waals surface area contributed by atoms with Crippen molar-refractivity contribution < 1.29 is 32.3 Å². The number of likely N-dealkylation sites (N-methyl/N-ethyl adjacent to an activating group) is 1. The average molecular weight is 649 g/mol. The van der Waals surface area contributed by atoms with Crippen molar-refractivity contribution in [1.29, 1.82) is 0 Å². The first-order chi connectivity index (χ1) is 19.8. The molecule has 0 spiro atoms. The standard InChI is InChI=1S/C27H39Cl2N5O7S/c1-32(2)17-24(35)30-16-18-8-11-33(12-9-18)25(36)7-6-22(27(38)41-3)31-26(37)23-5-4-10-34(23)42(39,40)21-14-19(28)13-20(29)15-21/h13-15,18,22-23H,4-12,16-17H2,1-3H3,(H,30,35)(H,31,37)/t22-,23+/m0/s1.